The lowest BCUT2D eigenvalue weighted by molar-refractivity contribution is -0.122. The third-order valence-electron chi connectivity index (χ3n) is 8.50. The predicted molar refractivity (Wildman–Crippen MR) is 159 cm³/mol. The van der Waals surface area contributed by atoms with E-state index in [1.54, 1.807) is 30.3 Å². The molecule has 0 aliphatic carbocycles. The van der Waals surface area contributed by atoms with Gasteiger partial charge in [-0.2, -0.15) is 0 Å². The van der Waals surface area contributed by atoms with Gasteiger partial charge in [0.2, 0.25) is 5.91 Å². The summed E-state index contributed by atoms with van der Waals surface area (Å²) in [5.41, 5.74) is 2.42. The van der Waals surface area contributed by atoms with Gasteiger partial charge in [0.05, 0.1) is 23.4 Å². The van der Waals surface area contributed by atoms with Crippen LogP contribution in [0.2, 0.25) is 0 Å². The van der Waals surface area contributed by atoms with Gasteiger partial charge >= 0.3 is 0 Å². The van der Waals surface area contributed by atoms with Gasteiger partial charge in [-0.15, -0.1) is 11.3 Å². The molecule has 4 heterocycles. The topological polar surface area (TPSA) is 75.7 Å². The number of ether oxygens (including phenoxy) is 1. The molecule has 1 N–H and O–H groups in total. The zero-order chi connectivity index (χ0) is 28.1. The number of thiophene rings is 1. The normalized spacial score (nSPS) is 23.6. The van der Waals surface area contributed by atoms with Crippen molar-refractivity contribution in [3.8, 4) is 5.75 Å². The number of anilines is 1. The highest BCUT2D eigenvalue weighted by atomic mass is 32.1. The van der Waals surface area contributed by atoms with E-state index in [1.165, 1.54) is 11.3 Å². The minimum absolute atomic E-state index is 0.163. The number of carbonyl (C=O) groups excluding carboxylic acids is 3. The third-order valence-corrected chi connectivity index (χ3v) is 9.38. The van der Waals surface area contributed by atoms with Crippen LogP contribution < -0.4 is 10.1 Å². The van der Waals surface area contributed by atoms with Crippen molar-refractivity contribution >= 4 is 40.6 Å². The zero-order valence-electron chi connectivity index (χ0n) is 22.4. The highest BCUT2D eigenvalue weighted by Gasteiger charge is 2.70. The summed E-state index contributed by atoms with van der Waals surface area (Å²) in [4.78, 5) is 46.2. The van der Waals surface area contributed by atoms with Gasteiger partial charge in [0.15, 0.2) is 11.6 Å². The third kappa shape index (κ3) is 3.72. The van der Waals surface area contributed by atoms with E-state index in [4.69, 9.17) is 4.74 Å². The first-order valence-corrected chi connectivity index (χ1v) is 14.7. The second-order valence-electron chi connectivity index (χ2n) is 10.7. The Labute approximate surface area is 242 Å². The second kappa shape index (κ2) is 9.85. The standard InChI is InChI=1S/C34H28N2O4S/c1-2-19-40-23-15-13-22(14-16-23)30(37)28-29(31(38)27-12-7-20-41-27)36-18-17-21-8-3-4-9-24(21)32(36)34(28)25-10-5-6-11-26(25)35-33(34)39/h3-18,20,28-29,32H,2,19H2,1H3,(H,35,39)/t28-,29+,32-,34-/m0/s1. The van der Waals surface area contributed by atoms with Gasteiger partial charge in [-0.25, -0.2) is 0 Å². The van der Waals surface area contributed by atoms with E-state index in [-0.39, 0.29) is 17.5 Å². The van der Waals surface area contributed by atoms with Crippen molar-refractivity contribution in [1.82, 2.24) is 4.90 Å². The van der Waals surface area contributed by atoms with Crippen molar-refractivity contribution in [2.24, 2.45) is 5.92 Å². The fourth-order valence-electron chi connectivity index (χ4n) is 6.85. The Kier molecular flexibility index (Phi) is 6.12. The van der Waals surface area contributed by atoms with Gasteiger partial charge < -0.3 is 15.0 Å². The van der Waals surface area contributed by atoms with Gasteiger partial charge in [0.25, 0.3) is 0 Å². The molecule has 1 aromatic heterocycles. The molecule has 4 aromatic rings. The number of rotatable bonds is 7. The van der Waals surface area contributed by atoms with Crippen LogP contribution in [0.1, 0.15) is 56.1 Å². The number of hydrogen-bond acceptors (Lipinski definition) is 6. The Hall–Kier alpha value is -4.49. The van der Waals surface area contributed by atoms with Crippen molar-refractivity contribution in [2.45, 2.75) is 30.8 Å². The van der Waals surface area contributed by atoms with Crippen LogP contribution in [-0.2, 0) is 10.2 Å². The molecule has 3 aliphatic heterocycles. The minimum Gasteiger partial charge on any atom is -0.494 e. The lowest BCUT2D eigenvalue weighted by atomic mass is 9.63. The minimum atomic E-state index is -1.33. The molecule has 41 heavy (non-hydrogen) atoms. The molecule has 0 bridgehead atoms. The van der Waals surface area contributed by atoms with Gasteiger partial charge in [-0.05, 0) is 71.0 Å². The SMILES string of the molecule is CCCOc1ccc(C(=O)[C@@H]2[C@H](C(=O)c3cccs3)N3C=Cc4ccccc4[C@H]3[C@@]23C(=O)Nc2ccccc23)cc1. The molecule has 7 rings (SSSR count). The van der Waals surface area contributed by atoms with Gasteiger partial charge in [-0.1, -0.05) is 55.5 Å². The van der Waals surface area contributed by atoms with Gasteiger partial charge in [0, 0.05) is 17.5 Å². The van der Waals surface area contributed by atoms with Crippen molar-refractivity contribution in [3.63, 3.8) is 0 Å². The number of nitrogens with zero attached hydrogens (tertiary/aromatic N) is 1. The molecule has 0 saturated carbocycles. The van der Waals surface area contributed by atoms with Crippen LogP contribution in [0, 0.1) is 5.92 Å². The maximum absolute atomic E-state index is 14.8. The van der Waals surface area contributed by atoms with E-state index in [9.17, 15) is 14.4 Å². The van der Waals surface area contributed by atoms with Crippen LogP contribution in [0.25, 0.3) is 6.08 Å². The number of carbonyl (C=O) groups is 3. The molecule has 1 saturated heterocycles. The van der Waals surface area contributed by atoms with Crippen LogP contribution >= 0.6 is 11.3 Å². The second-order valence-corrected chi connectivity index (χ2v) is 11.6. The molecule has 1 amide bonds. The molecule has 3 aromatic carbocycles. The van der Waals surface area contributed by atoms with Crippen LogP contribution in [0.4, 0.5) is 5.69 Å². The number of amides is 1. The Bertz CT molecular complexity index is 1690. The molecule has 7 heteroatoms. The highest BCUT2D eigenvalue weighted by molar-refractivity contribution is 7.12. The number of benzene rings is 3. The number of hydrogen-bond donors (Lipinski definition) is 1. The summed E-state index contributed by atoms with van der Waals surface area (Å²) in [6.45, 7) is 2.61. The summed E-state index contributed by atoms with van der Waals surface area (Å²) in [6.07, 6.45) is 4.74. The zero-order valence-corrected chi connectivity index (χ0v) is 23.3. The average molecular weight is 561 g/mol. The van der Waals surface area contributed by atoms with Crippen LogP contribution in [-0.4, -0.2) is 35.0 Å². The van der Waals surface area contributed by atoms with Gasteiger partial charge in [-0.3, -0.25) is 14.4 Å². The van der Waals surface area contributed by atoms with Gasteiger partial charge in [0.1, 0.15) is 17.2 Å². The molecule has 0 radical (unpaired) electrons. The monoisotopic (exact) mass is 560 g/mol. The summed E-state index contributed by atoms with van der Waals surface area (Å²) < 4.78 is 5.75. The lowest BCUT2D eigenvalue weighted by Crippen LogP contribution is -2.49. The Morgan fingerprint density at radius 3 is 2.51 bits per heavy atom. The van der Waals surface area contributed by atoms with Crippen LogP contribution in [0.5, 0.6) is 5.75 Å². The van der Waals surface area contributed by atoms with Crippen molar-refractivity contribution in [2.75, 3.05) is 11.9 Å². The average Bonchev–Trinajstić information content (AvgIpc) is 3.72. The highest BCUT2D eigenvalue weighted by Crippen LogP contribution is 2.62. The van der Waals surface area contributed by atoms with E-state index >= 15 is 0 Å². The first kappa shape index (κ1) is 25.5. The summed E-state index contributed by atoms with van der Waals surface area (Å²) in [7, 11) is 0. The number of fused-ring (bicyclic) bond motifs is 6. The largest absolute Gasteiger partial charge is 0.494 e. The molecule has 204 valence electrons. The molecule has 4 atom stereocenters. The maximum Gasteiger partial charge on any atom is 0.238 e. The molecular weight excluding hydrogens is 532 g/mol. The summed E-state index contributed by atoms with van der Waals surface area (Å²) in [5.74, 6) is -0.974. The Morgan fingerprint density at radius 1 is 0.951 bits per heavy atom. The number of Topliss-reactive ketones (excluding diaryl/α,β-unsaturated/α-hetero) is 2. The molecule has 6 nitrogen and oxygen atoms in total. The van der Waals surface area contributed by atoms with E-state index < -0.39 is 23.4 Å². The molecule has 1 spiro atoms. The first-order chi connectivity index (χ1) is 20.1. The van der Waals surface area contributed by atoms with Crippen molar-refractivity contribution in [1.29, 1.82) is 0 Å². The van der Waals surface area contributed by atoms with E-state index in [0.717, 1.165) is 23.1 Å². The van der Waals surface area contributed by atoms with Crippen LogP contribution in [0.3, 0.4) is 0 Å². The number of ketones is 2. The van der Waals surface area contributed by atoms with E-state index in [0.29, 0.717) is 28.5 Å². The summed E-state index contributed by atoms with van der Waals surface area (Å²) >= 11 is 1.35. The number of nitrogens with one attached hydrogen (secondary N) is 1. The fourth-order valence-corrected chi connectivity index (χ4v) is 7.54. The lowest BCUT2D eigenvalue weighted by Gasteiger charge is -2.38. The molecule has 0 unspecified atom stereocenters. The van der Waals surface area contributed by atoms with Crippen LogP contribution in [0.15, 0.2) is 96.5 Å². The fraction of sp³-hybridized carbons (Fsp3) is 0.206. The summed E-state index contributed by atoms with van der Waals surface area (Å²) in [6, 6.07) is 24.7. The van der Waals surface area contributed by atoms with E-state index in [1.807, 2.05) is 84.1 Å². The molecular formula is C34H28N2O4S. The Balaban J connectivity index is 1.47. The summed E-state index contributed by atoms with van der Waals surface area (Å²) in [5, 5.41) is 4.95. The smallest absolute Gasteiger partial charge is 0.238 e. The van der Waals surface area contributed by atoms with Crippen molar-refractivity contribution in [3.05, 3.63) is 124 Å². The quantitative estimate of drug-likeness (QED) is 0.261. The first-order valence-electron chi connectivity index (χ1n) is 13.9. The van der Waals surface area contributed by atoms with Crippen molar-refractivity contribution < 1.29 is 19.1 Å². The van der Waals surface area contributed by atoms with E-state index in [2.05, 4.69) is 5.32 Å². The molecule has 3 aliphatic rings. The molecule has 1 fully saturated rings. The maximum atomic E-state index is 14.8. The predicted octanol–water partition coefficient (Wildman–Crippen LogP) is 6.52. The Morgan fingerprint density at radius 2 is 1.73 bits per heavy atom. The number of para-hydroxylation sites is 1.